The fraction of sp³-hybridized carbons (Fsp3) is 0.0164. The number of anilines is 3. The van der Waals surface area contributed by atoms with E-state index in [9.17, 15) is 0 Å². The zero-order valence-corrected chi connectivity index (χ0v) is 34.8. The molecule has 1 spiro atoms. The van der Waals surface area contributed by atoms with Crippen molar-refractivity contribution in [2.24, 2.45) is 0 Å². The Morgan fingerprint density at radius 2 is 0.609 bits per heavy atom. The molecule has 0 radical (unpaired) electrons. The van der Waals surface area contributed by atoms with Crippen LogP contribution in [0.25, 0.3) is 55.6 Å². The van der Waals surface area contributed by atoms with Gasteiger partial charge in [-0.15, -0.1) is 0 Å². The highest BCUT2D eigenvalue weighted by molar-refractivity contribution is 5.96. The van der Waals surface area contributed by atoms with Crippen molar-refractivity contribution in [3.05, 3.63) is 259 Å². The third kappa shape index (κ3) is 5.54. The zero-order chi connectivity index (χ0) is 42.2. The van der Waals surface area contributed by atoms with E-state index < -0.39 is 5.41 Å². The van der Waals surface area contributed by atoms with Crippen LogP contribution in [0.2, 0.25) is 0 Å². The van der Waals surface area contributed by atoms with Gasteiger partial charge in [0.2, 0.25) is 0 Å². The molecular weight excluding hydrogens is 779 g/mol. The minimum atomic E-state index is -0.459. The van der Waals surface area contributed by atoms with Crippen molar-refractivity contribution < 1.29 is 9.47 Å². The summed E-state index contributed by atoms with van der Waals surface area (Å²) in [5.41, 5.74) is 19.7. The van der Waals surface area contributed by atoms with Gasteiger partial charge in [-0.25, -0.2) is 0 Å². The fourth-order valence-electron chi connectivity index (χ4n) is 10.5. The fourth-order valence-corrected chi connectivity index (χ4v) is 10.5. The van der Waals surface area contributed by atoms with Crippen LogP contribution >= 0.6 is 0 Å². The van der Waals surface area contributed by atoms with Crippen LogP contribution in [0.3, 0.4) is 0 Å². The highest BCUT2D eigenvalue weighted by Crippen LogP contribution is 2.64. The molecule has 10 aromatic carbocycles. The Morgan fingerprint density at radius 1 is 0.250 bits per heavy atom. The normalized spacial score (nSPS) is 13.1. The molecule has 3 nitrogen and oxygen atoms in total. The van der Waals surface area contributed by atoms with Crippen molar-refractivity contribution >= 4 is 17.1 Å². The highest BCUT2D eigenvalue weighted by Gasteiger charge is 2.52. The first kappa shape index (κ1) is 36.3. The van der Waals surface area contributed by atoms with E-state index in [4.69, 9.17) is 9.47 Å². The second-order valence-corrected chi connectivity index (χ2v) is 16.8. The minimum Gasteiger partial charge on any atom is -0.449 e. The molecule has 0 fully saturated rings. The van der Waals surface area contributed by atoms with Gasteiger partial charge >= 0.3 is 0 Å². The lowest BCUT2D eigenvalue weighted by Crippen LogP contribution is -2.25. The molecule has 3 aliphatic rings. The number of ether oxygens (including phenoxy) is 2. The Hall–Kier alpha value is -8.40. The van der Waals surface area contributed by atoms with E-state index in [1.54, 1.807) is 0 Å². The molecule has 0 aromatic heterocycles. The smallest absolute Gasteiger partial charge is 0.172 e. The van der Waals surface area contributed by atoms with E-state index in [2.05, 4.69) is 235 Å². The lowest BCUT2D eigenvalue weighted by atomic mass is 9.70. The summed E-state index contributed by atoms with van der Waals surface area (Å²) >= 11 is 0. The van der Waals surface area contributed by atoms with Gasteiger partial charge in [-0.3, -0.25) is 0 Å². The molecule has 1 heterocycles. The Bertz CT molecular complexity index is 3370. The van der Waals surface area contributed by atoms with Crippen molar-refractivity contribution in [3.8, 4) is 78.6 Å². The van der Waals surface area contributed by atoms with Gasteiger partial charge in [0.25, 0.3) is 0 Å². The highest BCUT2D eigenvalue weighted by atomic mass is 16.6. The van der Waals surface area contributed by atoms with Crippen LogP contribution in [0.15, 0.2) is 237 Å². The molecule has 0 bridgehead atoms. The number of hydrogen-bond acceptors (Lipinski definition) is 3. The van der Waals surface area contributed by atoms with Crippen LogP contribution in [0.5, 0.6) is 23.0 Å². The molecule has 0 saturated heterocycles. The average molecular weight is 818 g/mol. The summed E-state index contributed by atoms with van der Waals surface area (Å²) in [4.78, 5) is 2.29. The van der Waals surface area contributed by atoms with E-state index in [1.807, 2.05) is 6.07 Å². The first-order valence-electron chi connectivity index (χ1n) is 21.9. The third-order valence-corrected chi connectivity index (χ3v) is 13.4. The average Bonchev–Trinajstić information content (AvgIpc) is 3.83. The lowest BCUT2D eigenvalue weighted by Gasteiger charge is -2.31. The topological polar surface area (TPSA) is 21.7 Å². The minimum absolute atomic E-state index is 0.459. The monoisotopic (exact) mass is 817 g/mol. The number of fused-ring (bicyclic) bond motifs is 12. The standard InChI is InChI=1S/C61H39NO2/c1-3-13-40(14-4-1)42-23-25-43(26-24-42)45-29-33-47(34-30-45)62(46-31-27-44(28-32-46)41-15-5-2-6-16-41)48-35-36-57-58(37-48)64-59-38-52-51-19-9-12-22-55(51)61(56(52)39-60(59)63-57)53-20-10-7-17-49(53)50-18-8-11-21-54(50)61/h1-39H. The van der Waals surface area contributed by atoms with Gasteiger partial charge in [0.05, 0.1) is 11.1 Å². The van der Waals surface area contributed by atoms with E-state index in [-0.39, 0.29) is 0 Å². The maximum atomic E-state index is 6.91. The Kier molecular flexibility index (Phi) is 8.13. The van der Waals surface area contributed by atoms with Crippen molar-refractivity contribution in [1.82, 2.24) is 0 Å². The van der Waals surface area contributed by atoms with Crippen molar-refractivity contribution in [2.45, 2.75) is 5.41 Å². The summed E-state index contributed by atoms with van der Waals surface area (Å²) in [7, 11) is 0. The first-order valence-corrected chi connectivity index (χ1v) is 21.9. The molecule has 0 atom stereocenters. The Balaban J connectivity index is 0.884. The van der Waals surface area contributed by atoms with E-state index in [0.717, 1.165) is 28.2 Å². The Morgan fingerprint density at radius 3 is 1.11 bits per heavy atom. The van der Waals surface area contributed by atoms with Crippen molar-refractivity contribution in [1.29, 1.82) is 0 Å². The van der Waals surface area contributed by atoms with Gasteiger partial charge < -0.3 is 14.4 Å². The molecule has 3 heteroatoms. The van der Waals surface area contributed by atoms with Crippen LogP contribution in [0.4, 0.5) is 17.1 Å². The molecule has 2 aliphatic carbocycles. The maximum absolute atomic E-state index is 6.91. The summed E-state index contributed by atoms with van der Waals surface area (Å²) in [6, 6.07) is 84.7. The second kappa shape index (κ2) is 14.3. The molecule has 0 saturated carbocycles. The molecule has 13 rings (SSSR count). The van der Waals surface area contributed by atoms with Gasteiger partial charge in [0.1, 0.15) is 0 Å². The Labute approximate surface area is 372 Å². The van der Waals surface area contributed by atoms with E-state index in [0.29, 0.717) is 23.0 Å². The lowest BCUT2D eigenvalue weighted by molar-refractivity contribution is 0.359. The van der Waals surface area contributed by atoms with Crippen molar-refractivity contribution in [2.75, 3.05) is 4.90 Å². The SMILES string of the molecule is c1ccc(-c2ccc(-c3ccc(N(c4ccc(-c5ccccc5)cc4)c4ccc5c(c4)Oc4cc6c(cc4O5)C4(c5ccccc5-c5ccccc54)c4ccccc4-6)cc3)cc2)cc1. The third-order valence-electron chi connectivity index (χ3n) is 13.4. The molecule has 300 valence electrons. The van der Waals surface area contributed by atoms with E-state index in [1.165, 1.54) is 66.8 Å². The largest absolute Gasteiger partial charge is 0.449 e. The predicted molar refractivity (Wildman–Crippen MR) is 260 cm³/mol. The summed E-state index contributed by atoms with van der Waals surface area (Å²) < 4.78 is 13.8. The summed E-state index contributed by atoms with van der Waals surface area (Å²) in [5.74, 6) is 2.77. The zero-order valence-electron chi connectivity index (χ0n) is 34.8. The summed E-state index contributed by atoms with van der Waals surface area (Å²) in [6.07, 6.45) is 0. The van der Waals surface area contributed by atoms with Gasteiger partial charge in [-0.1, -0.05) is 182 Å². The first-order chi connectivity index (χ1) is 31.7. The number of hydrogen-bond donors (Lipinski definition) is 0. The predicted octanol–water partition coefficient (Wildman–Crippen LogP) is 16.4. The van der Waals surface area contributed by atoms with Gasteiger partial charge in [-0.2, -0.15) is 0 Å². The van der Waals surface area contributed by atoms with Gasteiger partial charge in [0, 0.05) is 17.4 Å². The molecule has 0 N–H and O–H groups in total. The van der Waals surface area contributed by atoms with Crippen LogP contribution in [-0.2, 0) is 5.41 Å². The number of benzene rings is 10. The van der Waals surface area contributed by atoms with E-state index >= 15 is 0 Å². The number of nitrogens with zero attached hydrogens (tertiary/aromatic N) is 1. The second-order valence-electron chi connectivity index (χ2n) is 16.8. The molecule has 10 aromatic rings. The molecule has 0 amide bonds. The van der Waals surface area contributed by atoms with Gasteiger partial charge in [-0.05, 0) is 126 Å². The molecule has 1 aliphatic heterocycles. The molecule has 64 heavy (non-hydrogen) atoms. The van der Waals surface area contributed by atoms with Crippen molar-refractivity contribution in [3.63, 3.8) is 0 Å². The van der Waals surface area contributed by atoms with Crippen LogP contribution in [-0.4, -0.2) is 0 Å². The van der Waals surface area contributed by atoms with Gasteiger partial charge in [0.15, 0.2) is 23.0 Å². The molecular formula is C61H39NO2. The maximum Gasteiger partial charge on any atom is 0.172 e. The summed E-state index contributed by atoms with van der Waals surface area (Å²) in [6.45, 7) is 0. The number of rotatable bonds is 6. The van der Waals surface area contributed by atoms with Crippen LogP contribution < -0.4 is 14.4 Å². The van der Waals surface area contributed by atoms with Crippen LogP contribution in [0.1, 0.15) is 22.3 Å². The quantitative estimate of drug-likeness (QED) is 0.167. The molecule has 0 unspecified atom stereocenters. The summed E-state index contributed by atoms with van der Waals surface area (Å²) in [5, 5.41) is 0. The van der Waals surface area contributed by atoms with Crippen LogP contribution in [0, 0.1) is 0 Å².